The van der Waals surface area contributed by atoms with Gasteiger partial charge in [0.2, 0.25) is 0 Å². The Kier molecular flexibility index (Phi) is 44.1. The Morgan fingerprint density at radius 2 is 0.723 bits per heavy atom. The lowest BCUT2D eigenvalue weighted by molar-refractivity contribution is -0.305. The summed E-state index contributed by atoms with van der Waals surface area (Å²) >= 11 is 0. The second kappa shape index (κ2) is 46.4. The molecule has 0 spiro atoms. The third-order valence-corrected chi connectivity index (χ3v) is 13.5. The molecule has 0 aliphatic carbocycles. The number of ether oxygens (including phenoxy) is 4. The Balaban J connectivity index is 2.19. The normalized spacial score (nSPS) is 19.1. The highest BCUT2D eigenvalue weighted by molar-refractivity contribution is 5.70. The molecular weight excluding hydrogens is 821 g/mol. The van der Waals surface area contributed by atoms with Gasteiger partial charge in [0.15, 0.2) is 12.4 Å². The van der Waals surface area contributed by atoms with Crippen molar-refractivity contribution in [1.29, 1.82) is 0 Å². The minimum Gasteiger partial charge on any atom is -0.462 e. The zero-order chi connectivity index (χ0) is 47.3. The molecule has 1 aliphatic rings. The standard InChI is InChI=1S/C55H106O10/c1-3-5-7-9-11-13-15-17-19-21-22-23-24-25-26-28-30-32-34-36-38-40-42-44-51(58)64-48(47-63-55-54(61)53(60)52(59)49(45-56)65-55)46-62-50(57)43-41-39-37-35-33-31-29-27-20-18-16-14-12-10-8-6-4-2/h48-49,52-56,59-61H,3-47H2,1-2H3. The highest BCUT2D eigenvalue weighted by Gasteiger charge is 2.44. The van der Waals surface area contributed by atoms with Crippen molar-refractivity contribution >= 4 is 11.9 Å². The van der Waals surface area contributed by atoms with Crippen molar-refractivity contribution in [1.82, 2.24) is 0 Å². The van der Waals surface area contributed by atoms with Gasteiger partial charge in [-0.2, -0.15) is 0 Å². The molecule has 1 rings (SSSR count). The smallest absolute Gasteiger partial charge is 0.306 e. The summed E-state index contributed by atoms with van der Waals surface area (Å²) in [7, 11) is 0. The maximum Gasteiger partial charge on any atom is 0.306 e. The van der Waals surface area contributed by atoms with E-state index in [9.17, 15) is 30.0 Å². The predicted molar refractivity (Wildman–Crippen MR) is 266 cm³/mol. The second-order valence-corrected chi connectivity index (χ2v) is 19.8. The Morgan fingerprint density at radius 1 is 0.415 bits per heavy atom. The van der Waals surface area contributed by atoms with E-state index < -0.39 is 49.4 Å². The van der Waals surface area contributed by atoms with Crippen LogP contribution in [-0.4, -0.2) is 89.0 Å². The molecule has 0 amide bonds. The van der Waals surface area contributed by atoms with Gasteiger partial charge < -0.3 is 39.4 Å². The van der Waals surface area contributed by atoms with Crippen LogP contribution in [0, 0.1) is 0 Å². The Morgan fingerprint density at radius 3 is 1.05 bits per heavy atom. The fraction of sp³-hybridized carbons (Fsp3) is 0.964. The molecule has 0 saturated carbocycles. The predicted octanol–water partition coefficient (Wildman–Crippen LogP) is 13.7. The number of esters is 2. The van der Waals surface area contributed by atoms with Crippen molar-refractivity contribution in [2.45, 2.75) is 320 Å². The molecule has 4 N–H and O–H groups in total. The molecule has 0 radical (unpaired) electrons. The molecular formula is C55H106O10. The van der Waals surface area contributed by atoms with Crippen LogP contribution >= 0.6 is 0 Å². The maximum atomic E-state index is 12.9. The number of hydrogen-bond donors (Lipinski definition) is 4. The summed E-state index contributed by atoms with van der Waals surface area (Å²) in [5.41, 5.74) is 0. The minimum absolute atomic E-state index is 0.208. The van der Waals surface area contributed by atoms with Crippen LogP contribution in [-0.2, 0) is 28.5 Å². The third kappa shape index (κ3) is 37.3. The van der Waals surface area contributed by atoms with E-state index in [-0.39, 0.29) is 32.0 Å². The van der Waals surface area contributed by atoms with Crippen LogP contribution in [0.1, 0.15) is 284 Å². The lowest BCUT2D eigenvalue weighted by Gasteiger charge is -2.39. The minimum atomic E-state index is -1.59. The van der Waals surface area contributed by atoms with E-state index >= 15 is 0 Å². The molecule has 1 fully saturated rings. The average molecular weight is 927 g/mol. The fourth-order valence-corrected chi connectivity index (χ4v) is 9.08. The van der Waals surface area contributed by atoms with E-state index in [1.54, 1.807) is 0 Å². The van der Waals surface area contributed by atoms with Crippen molar-refractivity contribution in [2.75, 3.05) is 19.8 Å². The largest absolute Gasteiger partial charge is 0.462 e. The van der Waals surface area contributed by atoms with E-state index in [1.807, 2.05) is 0 Å². The summed E-state index contributed by atoms with van der Waals surface area (Å²) in [5, 5.41) is 40.3. The monoisotopic (exact) mass is 927 g/mol. The van der Waals surface area contributed by atoms with Gasteiger partial charge in [-0.3, -0.25) is 9.59 Å². The lowest BCUT2D eigenvalue weighted by atomic mass is 9.99. The van der Waals surface area contributed by atoms with Gasteiger partial charge in [-0.15, -0.1) is 0 Å². The Hall–Kier alpha value is -1.30. The van der Waals surface area contributed by atoms with Crippen LogP contribution in [0.2, 0.25) is 0 Å². The number of aliphatic hydroxyl groups excluding tert-OH is 4. The van der Waals surface area contributed by atoms with Crippen molar-refractivity contribution in [2.24, 2.45) is 0 Å². The van der Waals surface area contributed by atoms with E-state index in [1.165, 1.54) is 218 Å². The number of aliphatic hydroxyl groups is 4. The van der Waals surface area contributed by atoms with Gasteiger partial charge in [-0.05, 0) is 12.8 Å². The van der Waals surface area contributed by atoms with Crippen LogP contribution in [0.15, 0.2) is 0 Å². The maximum absolute atomic E-state index is 12.9. The molecule has 6 unspecified atom stereocenters. The molecule has 10 heteroatoms. The summed E-state index contributed by atoms with van der Waals surface area (Å²) < 4.78 is 22.3. The lowest BCUT2D eigenvalue weighted by Crippen LogP contribution is -2.59. The van der Waals surface area contributed by atoms with E-state index in [4.69, 9.17) is 18.9 Å². The van der Waals surface area contributed by atoms with Crippen molar-refractivity contribution in [3.8, 4) is 0 Å². The first-order valence-electron chi connectivity index (χ1n) is 28.1. The molecule has 0 aromatic heterocycles. The van der Waals surface area contributed by atoms with Gasteiger partial charge in [0.1, 0.15) is 31.0 Å². The van der Waals surface area contributed by atoms with Crippen LogP contribution < -0.4 is 0 Å². The SMILES string of the molecule is CCCCCCCCCCCCCCCCCCCCCCCCCC(=O)OC(COC(=O)CCCCCCCCCCCCCCCCCCC)COC1OC(CO)C(O)C(O)C1O. The highest BCUT2D eigenvalue weighted by Crippen LogP contribution is 2.23. The van der Waals surface area contributed by atoms with Crippen LogP contribution in [0.5, 0.6) is 0 Å². The van der Waals surface area contributed by atoms with E-state index in [0.29, 0.717) is 6.42 Å². The number of carbonyl (C=O) groups is 2. The molecule has 10 nitrogen and oxygen atoms in total. The third-order valence-electron chi connectivity index (χ3n) is 13.5. The zero-order valence-corrected chi connectivity index (χ0v) is 42.5. The summed E-state index contributed by atoms with van der Waals surface area (Å²) in [6.45, 7) is 3.50. The van der Waals surface area contributed by atoms with Crippen molar-refractivity contribution in [3.63, 3.8) is 0 Å². The molecule has 65 heavy (non-hydrogen) atoms. The molecule has 0 aromatic rings. The van der Waals surface area contributed by atoms with Crippen LogP contribution in [0.25, 0.3) is 0 Å². The quantitative estimate of drug-likeness (QED) is 0.0343. The summed E-state index contributed by atoms with van der Waals surface area (Å²) in [6.07, 6.45) is 44.0. The number of hydrogen-bond acceptors (Lipinski definition) is 10. The number of rotatable bonds is 49. The second-order valence-electron chi connectivity index (χ2n) is 19.8. The molecule has 0 aromatic carbocycles. The van der Waals surface area contributed by atoms with Gasteiger partial charge in [0.05, 0.1) is 13.2 Å². The van der Waals surface area contributed by atoms with Crippen LogP contribution in [0.3, 0.4) is 0 Å². The van der Waals surface area contributed by atoms with Crippen molar-refractivity contribution < 1.29 is 49.0 Å². The first-order chi connectivity index (χ1) is 31.8. The molecule has 1 aliphatic heterocycles. The topological polar surface area (TPSA) is 152 Å². The molecule has 386 valence electrons. The zero-order valence-electron chi connectivity index (χ0n) is 42.5. The van der Waals surface area contributed by atoms with E-state index in [2.05, 4.69) is 13.8 Å². The summed E-state index contributed by atoms with van der Waals surface area (Å²) in [5.74, 6) is -0.783. The first-order valence-corrected chi connectivity index (χ1v) is 28.1. The van der Waals surface area contributed by atoms with Crippen molar-refractivity contribution in [3.05, 3.63) is 0 Å². The summed E-state index contributed by atoms with van der Waals surface area (Å²) in [4.78, 5) is 25.5. The highest BCUT2D eigenvalue weighted by atomic mass is 16.7. The molecule has 1 heterocycles. The molecule has 6 atom stereocenters. The number of unbranched alkanes of at least 4 members (excludes halogenated alkanes) is 38. The van der Waals surface area contributed by atoms with Gasteiger partial charge in [0.25, 0.3) is 0 Å². The van der Waals surface area contributed by atoms with Gasteiger partial charge in [-0.25, -0.2) is 0 Å². The van der Waals surface area contributed by atoms with Crippen LogP contribution in [0.4, 0.5) is 0 Å². The van der Waals surface area contributed by atoms with E-state index in [0.717, 1.165) is 32.1 Å². The summed E-state index contributed by atoms with van der Waals surface area (Å²) in [6, 6.07) is 0. The number of carbonyl (C=O) groups excluding carboxylic acids is 2. The first kappa shape index (κ1) is 61.7. The fourth-order valence-electron chi connectivity index (χ4n) is 9.08. The van der Waals surface area contributed by atoms with Gasteiger partial charge in [-0.1, -0.05) is 258 Å². The Bertz CT molecular complexity index is 1030. The van der Waals surface area contributed by atoms with Gasteiger partial charge in [0, 0.05) is 12.8 Å². The molecule has 0 bridgehead atoms. The Labute approximate surface area is 399 Å². The molecule has 1 saturated heterocycles. The average Bonchev–Trinajstić information content (AvgIpc) is 3.30. The van der Waals surface area contributed by atoms with Gasteiger partial charge >= 0.3 is 11.9 Å².